The van der Waals surface area contributed by atoms with E-state index in [0.717, 1.165) is 178 Å². The van der Waals surface area contributed by atoms with Crippen LogP contribution in [-0.4, -0.2) is 39.0 Å². The van der Waals surface area contributed by atoms with Crippen molar-refractivity contribution in [3.8, 4) is 147 Å². The average molecular weight is 1630 g/mol. The van der Waals surface area contributed by atoms with Crippen LogP contribution in [0.3, 0.4) is 0 Å². The molecule has 0 radical (unpaired) electrons. The lowest BCUT2D eigenvalue weighted by molar-refractivity contribution is 0.437. The van der Waals surface area contributed by atoms with Crippen LogP contribution in [0.15, 0.2) is 425 Å². The molecule has 1 unspecified atom stereocenters. The van der Waals surface area contributed by atoms with Gasteiger partial charge in [-0.05, 0) is 155 Å². The van der Waals surface area contributed by atoms with Crippen molar-refractivity contribution >= 4 is 65.2 Å². The number of rotatable bonds is 10. The Labute approximate surface area is 736 Å². The summed E-state index contributed by atoms with van der Waals surface area (Å²) in [6, 6.07) is 153. The topological polar surface area (TPSA) is 106 Å². The molecule has 27 rings (SSSR count). The van der Waals surface area contributed by atoms with Crippen molar-refractivity contribution in [1.82, 2.24) is 39.0 Å². The monoisotopic (exact) mass is 1630 g/mol. The SMILES string of the molecule is c1ccc(-c2ccc(-c3nc(-c4ccccc4)nc(-c4cccc(-n5c6cc7c(cc6c6c8ccccc8ccc65)C5(c6ccccc6O7)c6ccccc6-c6c(-c7cccc(-c8nc(-c9ccccc9)nc(-c9cccc(-n%10c%11cc%12c(cc%11c%11c%13ccccc%13ccc%11%10)C%10(c%11ccccc%11O%12)c%11ccccc%11-c%11ccccc%11%10)c9)n8)c7)cccc65)c4)n3)cc2)cc1. The Morgan fingerprint density at radius 1 is 0.188 bits per heavy atom. The minimum absolute atomic E-state index is 0.547. The smallest absolute Gasteiger partial charge is 0.164 e. The van der Waals surface area contributed by atoms with Crippen molar-refractivity contribution in [3.63, 3.8) is 0 Å². The van der Waals surface area contributed by atoms with Crippen LogP contribution in [0.1, 0.15) is 44.5 Å². The van der Waals surface area contributed by atoms with Crippen molar-refractivity contribution in [3.05, 3.63) is 469 Å². The van der Waals surface area contributed by atoms with Gasteiger partial charge < -0.3 is 18.6 Å². The highest BCUT2D eigenvalue weighted by atomic mass is 16.5. The van der Waals surface area contributed by atoms with Gasteiger partial charge in [-0.1, -0.05) is 346 Å². The van der Waals surface area contributed by atoms with Crippen LogP contribution in [0.5, 0.6) is 23.0 Å². The Balaban J connectivity index is 0.602. The summed E-state index contributed by atoms with van der Waals surface area (Å²) in [6.45, 7) is 0. The molecule has 23 aromatic rings. The Hall–Kier alpha value is -17.1. The summed E-state index contributed by atoms with van der Waals surface area (Å²) < 4.78 is 19.5. The zero-order chi connectivity index (χ0) is 83.9. The molecule has 0 N–H and O–H groups in total. The molecule has 0 saturated heterocycles. The zero-order valence-electron chi connectivity index (χ0n) is 68.8. The third kappa shape index (κ3) is 10.5. The van der Waals surface area contributed by atoms with Gasteiger partial charge >= 0.3 is 0 Å². The molecule has 4 aliphatic rings. The summed E-state index contributed by atoms with van der Waals surface area (Å²) in [5.74, 6) is 6.64. The van der Waals surface area contributed by atoms with Gasteiger partial charge in [0.2, 0.25) is 0 Å². The molecular weight excluding hydrogens is 1560 g/mol. The molecule has 128 heavy (non-hydrogen) atoms. The lowest BCUT2D eigenvalue weighted by Gasteiger charge is -2.39. The molecule has 2 spiro atoms. The molecule has 0 fully saturated rings. The Bertz CT molecular complexity index is 8610. The van der Waals surface area contributed by atoms with Crippen LogP contribution in [0.25, 0.3) is 189 Å². The normalized spacial score (nSPS) is 14.0. The van der Waals surface area contributed by atoms with Crippen LogP contribution < -0.4 is 9.47 Å². The van der Waals surface area contributed by atoms with Gasteiger partial charge in [0.15, 0.2) is 34.9 Å². The Kier molecular flexibility index (Phi) is 15.5. The third-order valence-electron chi connectivity index (χ3n) is 27.1. The number of ether oxygens (including phenoxy) is 2. The fourth-order valence-electron chi connectivity index (χ4n) is 21.7. The van der Waals surface area contributed by atoms with E-state index in [1.807, 2.05) is 42.5 Å². The van der Waals surface area contributed by atoms with Crippen molar-refractivity contribution in [2.45, 2.75) is 10.8 Å². The average Bonchev–Trinajstić information content (AvgIpc) is 1.50. The highest BCUT2D eigenvalue weighted by Crippen LogP contribution is 2.66. The fraction of sp³-hybridized carbons (Fsp3) is 0.0169. The van der Waals surface area contributed by atoms with Crippen molar-refractivity contribution < 1.29 is 9.47 Å². The van der Waals surface area contributed by atoms with E-state index in [4.69, 9.17) is 39.4 Å². The first-order valence-corrected chi connectivity index (χ1v) is 43.5. The van der Waals surface area contributed by atoms with Gasteiger partial charge in [0, 0.05) is 101 Å². The van der Waals surface area contributed by atoms with Crippen LogP contribution >= 0.6 is 0 Å². The summed E-state index contributed by atoms with van der Waals surface area (Å²) >= 11 is 0. The lowest BCUT2D eigenvalue weighted by Crippen LogP contribution is -2.32. The molecule has 0 saturated carbocycles. The van der Waals surface area contributed by atoms with Gasteiger partial charge in [0.05, 0.1) is 32.9 Å². The molecule has 0 bridgehead atoms. The lowest BCUT2D eigenvalue weighted by atomic mass is 9.65. The molecule has 10 heteroatoms. The first-order valence-electron chi connectivity index (χ1n) is 43.5. The number of hydrogen-bond acceptors (Lipinski definition) is 8. The van der Waals surface area contributed by atoms with E-state index in [2.05, 4.69) is 391 Å². The van der Waals surface area contributed by atoms with Crippen LogP contribution in [0.4, 0.5) is 0 Å². The van der Waals surface area contributed by atoms with Gasteiger partial charge in [0.1, 0.15) is 23.0 Å². The van der Waals surface area contributed by atoms with Crippen LogP contribution in [-0.2, 0) is 10.8 Å². The van der Waals surface area contributed by atoms with Gasteiger partial charge in [-0.2, -0.15) is 0 Å². The maximum absolute atomic E-state index is 7.44. The minimum atomic E-state index is -0.849. The Morgan fingerprint density at radius 2 is 0.523 bits per heavy atom. The molecule has 10 nitrogen and oxygen atoms in total. The summed E-state index contributed by atoms with van der Waals surface area (Å²) in [7, 11) is 0. The minimum Gasteiger partial charge on any atom is -0.457 e. The van der Waals surface area contributed by atoms with Gasteiger partial charge in [-0.15, -0.1) is 0 Å². The number of fused-ring (bicyclic) bond motifs is 28. The highest BCUT2D eigenvalue weighted by molar-refractivity contribution is 6.24. The van der Waals surface area contributed by atoms with Crippen molar-refractivity contribution in [2.75, 3.05) is 0 Å². The predicted molar refractivity (Wildman–Crippen MR) is 515 cm³/mol. The zero-order valence-corrected chi connectivity index (χ0v) is 68.8. The second-order valence-corrected chi connectivity index (χ2v) is 33.8. The van der Waals surface area contributed by atoms with E-state index in [9.17, 15) is 0 Å². The second kappa shape index (κ2) is 27.7. The van der Waals surface area contributed by atoms with E-state index in [1.165, 1.54) is 44.0 Å². The van der Waals surface area contributed by atoms with E-state index < -0.39 is 10.8 Å². The molecule has 1 atom stereocenters. The number of para-hydroxylation sites is 2. The molecule has 4 aromatic heterocycles. The fourth-order valence-corrected chi connectivity index (χ4v) is 21.7. The Morgan fingerprint density at radius 3 is 1.02 bits per heavy atom. The van der Waals surface area contributed by atoms with Gasteiger partial charge in [-0.25, -0.2) is 29.9 Å². The number of aromatic nitrogens is 8. The van der Waals surface area contributed by atoms with E-state index in [-0.39, 0.29) is 0 Å². The quantitative estimate of drug-likeness (QED) is 0.133. The largest absolute Gasteiger partial charge is 0.457 e. The van der Waals surface area contributed by atoms with E-state index in [1.54, 1.807) is 0 Å². The van der Waals surface area contributed by atoms with Gasteiger partial charge in [-0.3, -0.25) is 0 Å². The first-order chi connectivity index (χ1) is 63.4. The van der Waals surface area contributed by atoms with Crippen molar-refractivity contribution in [2.24, 2.45) is 0 Å². The number of hydrogen-bond donors (Lipinski definition) is 0. The number of nitrogens with zero attached hydrogens (tertiary/aromatic N) is 8. The van der Waals surface area contributed by atoms with Crippen LogP contribution in [0, 0.1) is 0 Å². The molecule has 6 heterocycles. The molecular formula is C118H70N8O2. The molecule has 2 aliphatic heterocycles. The molecule has 0 amide bonds. The summed E-state index contributed by atoms with van der Waals surface area (Å²) in [4.78, 5) is 32.2. The first kappa shape index (κ1) is 71.5. The second-order valence-electron chi connectivity index (χ2n) is 33.8. The summed E-state index contributed by atoms with van der Waals surface area (Å²) in [5.41, 5.74) is 28.1. The van der Waals surface area contributed by atoms with Crippen molar-refractivity contribution in [1.29, 1.82) is 0 Å². The third-order valence-corrected chi connectivity index (χ3v) is 27.1. The highest BCUT2D eigenvalue weighted by Gasteiger charge is 2.54. The molecule has 594 valence electrons. The molecule has 19 aromatic carbocycles. The number of benzene rings is 19. The van der Waals surface area contributed by atoms with Crippen LogP contribution in [0.2, 0.25) is 0 Å². The summed E-state index contributed by atoms with van der Waals surface area (Å²) in [5, 5.41) is 9.18. The van der Waals surface area contributed by atoms with Gasteiger partial charge in [0.25, 0.3) is 0 Å². The molecule has 2 aliphatic carbocycles. The maximum atomic E-state index is 7.44. The predicted octanol–water partition coefficient (Wildman–Crippen LogP) is 28.8. The van der Waals surface area contributed by atoms with E-state index in [0.29, 0.717) is 34.9 Å². The summed E-state index contributed by atoms with van der Waals surface area (Å²) in [6.07, 6.45) is 0. The standard InChI is InChI=1S/C118H70N8O2/c1-4-28-71(29-5-1)72-56-58-77(59-57-72)113-119-111(75-32-6-2-7-33-75)121-115(123-113)80-38-25-40-82(65-80)126-101-63-61-74-31-11-13-43-85(74)110(101)91-68-99-107(70-103(91)126)128-105-55-23-21-52-96(105)118(99)94-50-19-16-46-89(94)108-86(47-27-53-97(108)118)78-36-24-37-79(64-78)114-120-112(76-34-8-3-9-35-76)122-116(124-114)81-39-26-41-83(66-81)125-100-62-60-73-30-10-12-42-84(73)109(100)90-67-98-106(69-102(90)125)127-104-54-22-20-51-95(104)117(98)92-48-17-14-44-87(92)88-45-15-18-49-93(88)117/h1-70H. The van der Waals surface area contributed by atoms with E-state index >= 15 is 0 Å². The maximum Gasteiger partial charge on any atom is 0.164 e.